The molecule has 0 unspecified atom stereocenters. The average molecular weight is 369 g/mol. The maximum absolute atomic E-state index is 13.7. The van der Waals surface area contributed by atoms with Crippen molar-refractivity contribution in [1.29, 1.82) is 0 Å². The molecule has 0 atom stereocenters. The lowest BCUT2D eigenvalue weighted by molar-refractivity contribution is 0.102. The molecule has 1 aromatic heterocycles. The summed E-state index contributed by atoms with van der Waals surface area (Å²) < 4.78 is 39.9. The van der Waals surface area contributed by atoms with Crippen LogP contribution >= 0.6 is 22.9 Å². The van der Waals surface area contributed by atoms with Gasteiger partial charge in [0.25, 0.3) is 5.91 Å². The second-order valence-corrected chi connectivity index (χ2v) is 6.04. The molecule has 2 aromatic carbocycles. The fourth-order valence-electron chi connectivity index (χ4n) is 1.96. The highest BCUT2D eigenvalue weighted by molar-refractivity contribution is 7.14. The normalized spacial score (nSPS) is 10.7. The Kier molecular flexibility index (Phi) is 4.55. The fraction of sp³-hybridized carbons (Fsp3) is 0. The number of aromatic nitrogens is 1. The number of carbonyl (C=O) groups excluding carboxylic acids is 1. The van der Waals surface area contributed by atoms with Crippen LogP contribution in [0.15, 0.2) is 41.8 Å². The standard InChI is InChI=1S/C16H8ClF3N2OS/c17-9-2-3-10(12(19)6-9)15(23)22-16-21-14(7-24-16)8-1-4-11(18)13(20)5-8/h1-7H,(H,21,22,23). The van der Waals surface area contributed by atoms with E-state index < -0.39 is 23.4 Å². The Morgan fingerprint density at radius 1 is 1.04 bits per heavy atom. The molecule has 0 bridgehead atoms. The third-order valence-corrected chi connectivity index (χ3v) is 4.11. The monoisotopic (exact) mass is 368 g/mol. The number of nitrogens with zero attached hydrogens (tertiary/aromatic N) is 1. The van der Waals surface area contributed by atoms with Crippen molar-refractivity contribution in [3.05, 3.63) is 69.8 Å². The largest absolute Gasteiger partial charge is 0.298 e. The predicted molar refractivity (Wildman–Crippen MR) is 86.8 cm³/mol. The zero-order valence-electron chi connectivity index (χ0n) is 11.8. The van der Waals surface area contributed by atoms with Crippen LogP contribution in [-0.2, 0) is 0 Å². The van der Waals surface area contributed by atoms with E-state index in [-0.39, 0.29) is 15.7 Å². The number of rotatable bonds is 3. The molecule has 3 aromatic rings. The van der Waals surface area contributed by atoms with E-state index in [1.807, 2.05) is 0 Å². The van der Waals surface area contributed by atoms with Gasteiger partial charge in [0.1, 0.15) is 5.82 Å². The quantitative estimate of drug-likeness (QED) is 0.696. The molecule has 0 radical (unpaired) electrons. The average Bonchev–Trinajstić information content (AvgIpc) is 2.98. The minimum Gasteiger partial charge on any atom is -0.298 e. The molecule has 0 fully saturated rings. The highest BCUT2D eigenvalue weighted by Crippen LogP contribution is 2.26. The first-order valence-electron chi connectivity index (χ1n) is 6.61. The molecule has 24 heavy (non-hydrogen) atoms. The Morgan fingerprint density at radius 2 is 1.83 bits per heavy atom. The van der Waals surface area contributed by atoms with Crippen molar-refractivity contribution in [3.63, 3.8) is 0 Å². The Hall–Kier alpha value is -2.38. The van der Waals surface area contributed by atoms with Crippen molar-refractivity contribution >= 4 is 34.0 Å². The van der Waals surface area contributed by atoms with E-state index in [0.29, 0.717) is 11.3 Å². The van der Waals surface area contributed by atoms with Gasteiger partial charge in [0.15, 0.2) is 16.8 Å². The molecule has 1 heterocycles. The molecular weight excluding hydrogens is 361 g/mol. The summed E-state index contributed by atoms with van der Waals surface area (Å²) in [5.41, 5.74) is 0.554. The van der Waals surface area contributed by atoms with Gasteiger partial charge in [-0.15, -0.1) is 11.3 Å². The van der Waals surface area contributed by atoms with Crippen LogP contribution in [0, 0.1) is 17.5 Å². The first-order chi connectivity index (χ1) is 11.4. The summed E-state index contributed by atoms with van der Waals surface area (Å²) in [5.74, 6) is -3.39. The molecule has 3 rings (SSSR count). The number of amides is 1. The van der Waals surface area contributed by atoms with Gasteiger partial charge in [-0.2, -0.15) is 0 Å². The van der Waals surface area contributed by atoms with Crippen molar-refractivity contribution < 1.29 is 18.0 Å². The first-order valence-corrected chi connectivity index (χ1v) is 7.87. The maximum Gasteiger partial charge on any atom is 0.260 e. The number of carbonyl (C=O) groups is 1. The molecule has 1 amide bonds. The number of halogens is 4. The molecule has 0 aliphatic carbocycles. The molecule has 0 saturated heterocycles. The summed E-state index contributed by atoms with van der Waals surface area (Å²) in [6.45, 7) is 0. The number of nitrogens with one attached hydrogen (secondary N) is 1. The van der Waals surface area contributed by atoms with Crippen LogP contribution in [-0.4, -0.2) is 10.9 Å². The summed E-state index contributed by atoms with van der Waals surface area (Å²) in [5, 5.41) is 4.40. The van der Waals surface area contributed by atoms with E-state index >= 15 is 0 Å². The van der Waals surface area contributed by atoms with Crippen molar-refractivity contribution in [1.82, 2.24) is 4.98 Å². The summed E-state index contributed by atoms with van der Waals surface area (Å²) >= 11 is 6.72. The minimum absolute atomic E-state index is 0.177. The lowest BCUT2D eigenvalue weighted by Gasteiger charge is -2.03. The van der Waals surface area contributed by atoms with Gasteiger partial charge in [0.2, 0.25) is 0 Å². The van der Waals surface area contributed by atoms with Gasteiger partial charge in [-0.25, -0.2) is 18.2 Å². The van der Waals surface area contributed by atoms with E-state index in [0.717, 1.165) is 29.5 Å². The van der Waals surface area contributed by atoms with E-state index in [1.165, 1.54) is 18.2 Å². The molecule has 0 spiro atoms. The lowest BCUT2D eigenvalue weighted by Crippen LogP contribution is -2.13. The SMILES string of the molecule is O=C(Nc1nc(-c2ccc(F)c(F)c2)cs1)c1ccc(Cl)cc1F. The van der Waals surface area contributed by atoms with Gasteiger partial charge < -0.3 is 0 Å². The van der Waals surface area contributed by atoms with E-state index in [4.69, 9.17) is 11.6 Å². The summed E-state index contributed by atoms with van der Waals surface area (Å²) in [7, 11) is 0. The Balaban J connectivity index is 1.80. The maximum atomic E-state index is 13.7. The smallest absolute Gasteiger partial charge is 0.260 e. The molecule has 122 valence electrons. The van der Waals surface area contributed by atoms with Crippen molar-refractivity contribution in [2.75, 3.05) is 5.32 Å². The van der Waals surface area contributed by atoms with Gasteiger partial charge in [0, 0.05) is 16.0 Å². The van der Waals surface area contributed by atoms with Crippen molar-refractivity contribution in [2.45, 2.75) is 0 Å². The van der Waals surface area contributed by atoms with Crippen LogP contribution in [0.4, 0.5) is 18.3 Å². The van der Waals surface area contributed by atoms with Gasteiger partial charge in [-0.3, -0.25) is 10.1 Å². The third kappa shape index (κ3) is 3.42. The zero-order valence-corrected chi connectivity index (χ0v) is 13.4. The van der Waals surface area contributed by atoms with Gasteiger partial charge in [-0.05, 0) is 36.4 Å². The molecule has 8 heteroatoms. The van der Waals surface area contributed by atoms with Crippen LogP contribution in [0.1, 0.15) is 10.4 Å². The highest BCUT2D eigenvalue weighted by Gasteiger charge is 2.15. The summed E-state index contributed by atoms with van der Waals surface area (Å²) in [6.07, 6.45) is 0. The number of benzene rings is 2. The second-order valence-electron chi connectivity index (χ2n) is 4.75. The minimum atomic E-state index is -0.991. The van der Waals surface area contributed by atoms with E-state index in [1.54, 1.807) is 5.38 Å². The number of hydrogen-bond donors (Lipinski definition) is 1. The van der Waals surface area contributed by atoms with Gasteiger partial charge in [0.05, 0.1) is 11.3 Å². The molecule has 1 N–H and O–H groups in total. The van der Waals surface area contributed by atoms with Crippen LogP contribution < -0.4 is 5.32 Å². The number of thiazole rings is 1. The fourth-order valence-corrected chi connectivity index (χ4v) is 2.83. The van der Waals surface area contributed by atoms with Crippen LogP contribution in [0.3, 0.4) is 0 Å². The van der Waals surface area contributed by atoms with Crippen LogP contribution in [0.2, 0.25) is 5.02 Å². The third-order valence-electron chi connectivity index (χ3n) is 3.12. The second kappa shape index (κ2) is 6.62. The number of anilines is 1. The van der Waals surface area contributed by atoms with Crippen molar-refractivity contribution in [3.8, 4) is 11.3 Å². The van der Waals surface area contributed by atoms with E-state index in [2.05, 4.69) is 10.3 Å². The van der Waals surface area contributed by atoms with Crippen LogP contribution in [0.5, 0.6) is 0 Å². The Morgan fingerprint density at radius 3 is 2.54 bits per heavy atom. The molecule has 3 nitrogen and oxygen atoms in total. The summed E-state index contributed by atoms with van der Waals surface area (Å²) in [4.78, 5) is 16.2. The summed E-state index contributed by atoms with van der Waals surface area (Å²) in [6, 6.07) is 7.06. The Labute approximate surface area is 143 Å². The van der Waals surface area contributed by atoms with Gasteiger partial charge in [-0.1, -0.05) is 11.6 Å². The van der Waals surface area contributed by atoms with Gasteiger partial charge >= 0.3 is 0 Å². The molecule has 0 aliphatic heterocycles. The van der Waals surface area contributed by atoms with Crippen LogP contribution in [0.25, 0.3) is 11.3 Å². The molecule has 0 aliphatic rings. The first kappa shape index (κ1) is 16.5. The van der Waals surface area contributed by atoms with Crippen molar-refractivity contribution in [2.24, 2.45) is 0 Å². The topological polar surface area (TPSA) is 42.0 Å². The zero-order chi connectivity index (χ0) is 17.3. The molecule has 0 saturated carbocycles. The molecular formula is C16H8ClF3N2OS. The number of hydrogen-bond acceptors (Lipinski definition) is 3. The highest BCUT2D eigenvalue weighted by atomic mass is 35.5. The van der Waals surface area contributed by atoms with E-state index in [9.17, 15) is 18.0 Å². The predicted octanol–water partition coefficient (Wildman–Crippen LogP) is 5.13. The Bertz CT molecular complexity index is 929. The lowest BCUT2D eigenvalue weighted by atomic mass is 10.2.